The van der Waals surface area contributed by atoms with Crippen molar-refractivity contribution < 1.29 is 9.84 Å². The van der Waals surface area contributed by atoms with Gasteiger partial charge in [-0.3, -0.25) is 0 Å². The number of hydrogen-bond donors (Lipinski definition) is 1. The highest BCUT2D eigenvalue weighted by Gasteiger charge is 2.20. The predicted octanol–water partition coefficient (Wildman–Crippen LogP) is 2.94. The summed E-state index contributed by atoms with van der Waals surface area (Å²) >= 11 is 6.27. The second-order valence-corrected chi connectivity index (χ2v) is 4.83. The number of ether oxygens (including phenoxy) is 1. The van der Waals surface area contributed by atoms with Crippen molar-refractivity contribution in [1.82, 2.24) is 0 Å². The summed E-state index contributed by atoms with van der Waals surface area (Å²) in [4.78, 5) is 0. The van der Waals surface area contributed by atoms with E-state index in [0.29, 0.717) is 5.92 Å². The van der Waals surface area contributed by atoms with E-state index in [1.54, 1.807) is 0 Å². The van der Waals surface area contributed by atoms with E-state index in [1.165, 1.54) is 5.56 Å². The number of halogens is 1. The number of benzene rings is 1. The zero-order chi connectivity index (χ0) is 11.5. The summed E-state index contributed by atoms with van der Waals surface area (Å²) in [7, 11) is 0. The number of rotatable bonds is 3. The molecule has 3 heteroatoms. The molecule has 0 spiro atoms. The molecule has 1 aliphatic heterocycles. The first-order valence-corrected chi connectivity index (χ1v) is 6.08. The molecule has 0 aliphatic carbocycles. The molecule has 16 heavy (non-hydrogen) atoms. The highest BCUT2D eigenvalue weighted by atomic mass is 35.5. The van der Waals surface area contributed by atoms with E-state index in [2.05, 4.69) is 12.1 Å². The summed E-state index contributed by atoms with van der Waals surface area (Å²) < 4.78 is 5.37. The molecule has 0 aromatic heterocycles. The molecule has 2 unspecified atom stereocenters. The minimum atomic E-state index is 0.145. The molecule has 0 radical (unpaired) electrons. The average Bonchev–Trinajstić information content (AvgIpc) is 2.81. The van der Waals surface area contributed by atoms with Crippen molar-refractivity contribution in [3.63, 3.8) is 0 Å². The van der Waals surface area contributed by atoms with Crippen molar-refractivity contribution >= 4 is 11.6 Å². The van der Waals surface area contributed by atoms with Crippen molar-refractivity contribution in [3.8, 4) is 0 Å². The van der Waals surface area contributed by atoms with Gasteiger partial charge in [0.25, 0.3) is 0 Å². The Morgan fingerprint density at radius 3 is 2.94 bits per heavy atom. The van der Waals surface area contributed by atoms with Gasteiger partial charge in [-0.05, 0) is 23.6 Å². The van der Waals surface area contributed by atoms with Crippen molar-refractivity contribution in [1.29, 1.82) is 0 Å². The standard InChI is InChI=1S/C13H17ClO2/c1-9(7-15)10-2-3-12(13(14)6-10)11-4-5-16-8-11/h2-3,6,9,11,15H,4-5,7-8H2,1H3. The SMILES string of the molecule is CC(CO)c1ccc(C2CCOC2)c(Cl)c1. The van der Waals surface area contributed by atoms with Crippen LogP contribution in [0.25, 0.3) is 0 Å². The molecule has 88 valence electrons. The van der Waals surface area contributed by atoms with Crippen LogP contribution in [0.5, 0.6) is 0 Å². The van der Waals surface area contributed by atoms with Gasteiger partial charge in [-0.1, -0.05) is 30.7 Å². The van der Waals surface area contributed by atoms with Crippen molar-refractivity contribution in [2.45, 2.75) is 25.2 Å². The number of aliphatic hydroxyl groups excluding tert-OH is 1. The number of hydrogen-bond acceptors (Lipinski definition) is 2. The maximum atomic E-state index is 9.10. The van der Waals surface area contributed by atoms with Gasteiger partial charge in [0.1, 0.15) is 0 Å². The Balaban J connectivity index is 2.22. The van der Waals surface area contributed by atoms with E-state index < -0.39 is 0 Å². The Morgan fingerprint density at radius 2 is 2.38 bits per heavy atom. The fourth-order valence-electron chi connectivity index (χ4n) is 2.07. The van der Waals surface area contributed by atoms with Gasteiger partial charge in [-0.2, -0.15) is 0 Å². The van der Waals surface area contributed by atoms with Crippen LogP contribution in [0.3, 0.4) is 0 Å². The lowest BCUT2D eigenvalue weighted by Gasteiger charge is -2.14. The van der Waals surface area contributed by atoms with E-state index in [-0.39, 0.29) is 12.5 Å². The fourth-order valence-corrected chi connectivity index (χ4v) is 2.41. The largest absolute Gasteiger partial charge is 0.396 e. The Morgan fingerprint density at radius 1 is 1.56 bits per heavy atom. The third-order valence-electron chi connectivity index (χ3n) is 3.24. The van der Waals surface area contributed by atoms with Crippen LogP contribution in [0, 0.1) is 0 Å². The van der Waals surface area contributed by atoms with Crippen LogP contribution in [0.15, 0.2) is 18.2 Å². The zero-order valence-electron chi connectivity index (χ0n) is 9.45. The van der Waals surface area contributed by atoms with Crippen LogP contribution in [-0.4, -0.2) is 24.9 Å². The Kier molecular flexibility index (Phi) is 3.85. The first-order valence-electron chi connectivity index (χ1n) is 5.70. The smallest absolute Gasteiger partial charge is 0.0536 e. The molecular formula is C13H17ClO2. The van der Waals surface area contributed by atoms with Gasteiger partial charge in [-0.15, -0.1) is 0 Å². The van der Waals surface area contributed by atoms with Crippen LogP contribution in [0.4, 0.5) is 0 Å². The molecule has 2 nitrogen and oxygen atoms in total. The third-order valence-corrected chi connectivity index (χ3v) is 3.56. The van der Waals surface area contributed by atoms with Crippen LogP contribution < -0.4 is 0 Å². The van der Waals surface area contributed by atoms with E-state index >= 15 is 0 Å². The van der Waals surface area contributed by atoms with Crippen LogP contribution in [0.1, 0.15) is 36.3 Å². The molecule has 1 aromatic carbocycles. The highest BCUT2D eigenvalue weighted by Crippen LogP contribution is 2.32. The van der Waals surface area contributed by atoms with E-state index in [0.717, 1.165) is 30.2 Å². The monoisotopic (exact) mass is 240 g/mol. The lowest BCUT2D eigenvalue weighted by Crippen LogP contribution is -2.02. The molecule has 1 saturated heterocycles. The summed E-state index contributed by atoms with van der Waals surface area (Å²) in [5.41, 5.74) is 2.27. The van der Waals surface area contributed by atoms with Crippen molar-refractivity contribution in [2.75, 3.05) is 19.8 Å². The normalized spacial score (nSPS) is 22.3. The van der Waals surface area contributed by atoms with E-state index in [4.69, 9.17) is 21.4 Å². The summed E-state index contributed by atoms with van der Waals surface area (Å²) in [5.74, 6) is 0.581. The quantitative estimate of drug-likeness (QED) is 0.880. The van der Waals surface area contributed by atoms with Gasteiger partial charge in [0.2, 0.25) is 0 Å². The molecule has 0 bridgehead atoms. The van der Waals surface area contributed by atoms with Gasteiger partial charge in [0.15, 0.2) is 0 Å². The maximum absolute atomic E-state index is 9.10. The Bertz CT molecular complexity index is 359. The minimum Gasteiger partial charge on any atom is -0.396 e. The van der Waals surface area contributed by atoms with Crippen LogP contribution >= 0.6 is 11.6 Å². The molecule has 1 N–H and O–H groups in total. The van der Waals surface area contributed by atoms with E-state index in [9.17, 15) is 0 Å². The molecule has 1 fully saturated rings. The van der Waals surface area contributed by atoms with Crippen molar-refractivity contribution in [2.24, 2.45) is 0 Å². The van der Waals surface area contributed by atoms with Gasteiger partial charge >= 0.3 is 0 Å². The lowest BCUT2D eigenvalue weighted by atomic mass is 9.94. The lowest BCUT2D eigenvalue weighted by molar-refractivity contribution is 0.194. The first kappa shape index (κ1) is 11.9. The summed E-state index contributed by atoms with van der Waals surface area (Å²) in [5, 5.41) is 9.90. The summed E-state index contributed by atoms with van der Waals surface area (Å²) in [6.45, 7) is 3.75. The molecule has 1 aromatic rings. The number of aliphatic hydroxyl groups is 1. The third kappa shape index (κ3) is 2.40. The predicted molar refractivity (Wildman–Crippen MR) is 65.1 cm³/mol. The van der Waals surface area contributed by atoms with Gasteiger partial charge in [0.05, 0.1) is 6.61 Å². The van der Waals surface area contributed by atoms with Crippen LogP contribution in [0.2, 0.25) is 5.02 Å². The molecule has 2 atom stereocenters. The molecule has 0 amide bonds. The van der Waals surface area contributed by atoms with Crippen molar-refractivity contribution in [3.05, 3.63) is 34.3 Å². The summed E-state index contributed by atoms with van der Waals surface area (Å²) in [6.07, 6.45) is 1.05. The topological polar surface area (TPSA) is 29.5 Å². The Labute approximate surface area is 101 Å². The molecular weight excluding hydrogens is 224 g/mol. The molecule has 1 aliphatic rings. The maximum Gasteiger partial charge on any atom is 0.0536 e. The van der Waals surface area contributed by atoms with Gasteiger partial charge in [-0.25, -0.2) is 0 Å². The van der Waals surface area contributed by atoms with Crippen LogP contribution in [-0.2, 0) is 4.74 Å². The van der Waals surface area contributed by atoms with E-state index in [1.807, 2.05) is 13.0 Å². The Hall–Kier alpha value is -0.570. The molecule has 2 rings (SSSR count). The fraction of sp³-hybridized carbons (Fsp3) is 0.538. The second kappa shape index (κ2) is 5.17. The summed E-state index contributed by atoms with van der Waals surface area (Å²) in [6, 6.07) is 6.10. The second-order valence-electron chi connectivity index (χ2n) is 4.43. The van der Waals surface area contributed by atoms with Gasteiger partial charge in [0, 0.05) is 30.1 Å². The average molecular weight is 241 g/mol. The highest BCUT2D eigenvalue weighted by molar-refractivity contribution is 6.31. The van der Waals surface area contributed by atoms with Gasteiger partial charge < -0.3 is 9.84 Å². The zero-order valence-corrected chi connectivity index (χ0v) is 10.2. The minimum absolute atomic E-state index is 0.145. The molecule has 1 heterocycles. The molecule has 0 saturated carbocycles. The first-order chi connectivity index (χ1) is 7.72.